The molecule has 27 heavy (non-hydrogen) atoms. The Hall–Kier alpha value is -2.57. The second kappa shape index (κ2) is 8.88. The molecule has 0 aliphatic carbocycles. The van der Waals surface area contributed by atoms with Crippen LogP contribution in [-0.4, -0.2) is 25.2 Å². The Bertz CT molecular complexity index is 924. The van der Waals surface area contributed by atoms with Crippen LogP contribution in [0.4, 0.5) is 0 Å². The van der Waals surface area contributed by atoms with Crippen LogP contribution < -0.4 is 9.47 Å². The van der Waals surface area contributed by atoms with E-state index in [9.17, 15) is 4.79 Å². The summed E-state index contributed by atoms with van der Waals surface area (Å²) < 4.78 is 15.8. The molecule has 0 saturated carbocycles. The maximum absolute atomic E-state index is 12.2. The lowest BCUT2D eigenvalue weighted by molar-refractivity contribution is -0.144. The fourth-order valence-electron chi connectivity index (χ4n) is 2.47. The van der Waals surface area contributed by atoms with E-state index in [0.29, 0.717) is 16.5 Å². The van der Waals surface area contributed by atoms with Crippen molar-refractivity contribution < 1.29 is 19.0 Å². The predicted octanol–water partition coefficient (Wildman–Crippen LogP) is 4.77. The molecule has 3 aromatic rings. The Morgan fingerprint density at radius 1 is 1.11 bits per heavy atom. The van der Waals surface area contributed by atoms with Gasteiger partial charge in [0.25, 0.3) is 0 Å². The van der Waals surface area contributed by atoms with Crippen molar-refractivity contribution in [1.29, 1.82) is 0 Å². The normalized spacial score (nSPS) is 10.5. The van der Waals surface area contributed by atoms with Gasteiger partial charge in [0.05, 0.1) is 26.3 Å². The van der Waals surface area contributed by atoms with Gasteiger partial charge in [-0.2, -0.15) is 0 Å². The monoisotopic (exact) mass is 403 g/mol. The summed E-state index contributed by atoms with van der Waals surface area (Å²) in [6.07, 6.45) is 0.107. The molecule has 0 saturated heterocycles. The number of hydrogen-bond donors (Lipinski definition) is 0. The van der Waals surface area contributed by atoms with Crippen LogP contribution in [0.1, 0.15) is 11.3 Å². The van der Waals surface area contributed by atoms with Gasteiger partial charge in [0, 0.05) is 21.5 Å². The number of aromatic nitrogens is 1. The molecule has 3 rings (SSSR count). The summed E-state index contributed by atoms with van der Waals surface area (Å²) in [7, 11) is 3.19. The number of carbonyl (C=O) groups excluding carboxylic acids is 1. The van der Waals surface area contributed by atoms with E-state index < -0.39 is 0 Å². The molecular weight excluding hydrogens is 386 g/mol. The topological polar surface area (TPSA) is 57.7 Å². The van der Waals surface area contributed by atoms with E-state index in [0.717, 1.165) is 21.9 Å². The van der Waals surface area contributed by atoms with Gasteiger partial charge in [-0.05, 0) is 42.5 Å². The third kappa shape index (κ3) is 4.99. The Balaban J connectivity index is 1.60. The first-order chi connectivity index (χ1) is 13.1. The number of ether oxygens (including phenoxy) is 3. The summed E-state index contributed by atoms with van der Waals surface area (Å²) >= 11 is 7.47. The molecule has 0 N–H and O–H groups in total. The fourth-order valence-corrected chi connectivity index (χ4v) is 3.49. The third-order valence-electron chi connectivity index (χ3n) is 3.85. The zero-order valence-corrected chi connectivity index (χ0v) is 16.5. The van der Waals surface area contributed by atoms with Gasteiger partial charge < -0.3 is 14.2 Å². The highest BCUT2D eigenvalue weighted by molar-refractivity contribution is 7.13. The highest BCUT2D eigenvalue weighted by Gasteiger charge is 2.12. The SMILES string of the molecule is COc1ccc(-c2nc(CC(=O)OCc3cc(Cl)ccc3OC)cs2)cc1. The average Bonchev–Trinajstić information content (AvgIpc) is 3.15. The van der Waals surface area contributed by atoms with Gasteiger partial charge >= 0.3 is 5.97 Å². The van der Waals surface area contributed by atoms with Crippen LogP contribution in [0.3, 0.4) is 0 Å². The second-order valence-electron chi connectivity index (χ2n) is 5.67. The Kier molecular flexibility index (Phi) is 6.32. The van der Waals surface area contributed by atoms with Crippen molar-refractivity contribution in [2.75, 3.05) is 14.2 Å². The van der Waals surface area contributed by atoms with Gasteiger partial charge in [-0.1, -0.05) is 11.6 Å². The summed E-state index contributed by atoms with van der Waals surface area (Å²) in [6.45, 7) is 0.0953. The first-order valence-corrected chi connectivity index (χ1v) is 9.41. The Labute approximate surface area is 166 Å². The number of esters is 1. The third-order valence-corrected chi connectivity index (χ3v) is 5.02. The smallest absolute Gasteiger partial charge is 0.312 e. The number of hydrogen-bond acceptors (Lipinski definition) is 6. The minimum absolute atomic E-state index is 0.0953. The summed E-state index contributed by atoms with van der Waals surface area (Å²) in [5, 5.41) is 3.27. The van der Waals surface area contributed by atoms with Crippen LogP contribution >= 0.6 is 22.9 Å². The molecule has 0 atom stereocenters. The number of halogens is 1. The van der Waals surface area contributed by atoms with E-state index in [4.69, 9.17) is 25.8 Å². The van der Waals surface area contributed by atoms with Crippen LogP contribution in [0.15, 0.2) is 47.8 Å². The van der Waals surface area contributed by atoms with Gasteiger partial charge in [0.2, 0.25) is 0 Å². The van der Waals surface area contributed by atoms with Gasteiger partial charge in [-0.3, -0.25) is 4.79 Å². The fraction of sp³-hybridized carbons (Fsp3) is 0.200. The van der Waals surface area contributed by atoms with Crippen molar-refractivity contribution in [2.24, 2.45) is 0 Å². The van der Waals surface area contributed by atoms with Gasteiger partial charge in [0.1, 0.15) is 23.1 Å². The zero-order valence-electron chi connectivity index (χ0n) is 14.9. The summed E-state index contributed by atoms with van der Waals surface area (Å²) in [5.74, 6) is 1.06. The molecular formula is C20H18ClNO4S. The van der Waals surface area contributed by atoms with Gasteiger partial charge in [-0.25, -0.2) is 4.98 Å². The minimum Gasteiger partial charge on any atom is -0.497 e. The van der Waals surface area contributed by atoms with Crippen LogP contribution in [0.2, 0.25) is 5.02 Å². The molecule has 7 heteroatoms. The summed E-state index contributed by atoms with van der Waals surface area (Å²) in [6, 6.07) is 12.8. The molecule has 140 valence electrons. The van der Waals surface area contributed by atoms with Crippen molar-refractivity contribution >= 4 is 28.9 Å². The van der Waals surface area contributed by atoms with Gasteiger partial charge in [0.15, 0.2) is 0 Å². The number of nitrogens with zero attached hydrogens (tertiary/aromatic N) is 1. The minimum atomic E-state index is -0.358. The van der Waals surface area contributed by atoms with E-state index in [1.165, 1.54) is 11.3 Å². The van der Waals surface area contributed by atoms with Crippen LogP contribution in [0.25, 0.3) is 10.6 Å². The van der Waals surface area contributed by atoms with Crippen molar-refractivity contribution in [3.05, 3.63) is 64.1 Å². The lowest BCUT2D eigenvalue weighted by Gasteiger charge is -2.09. The van der Waals surface area contributed by atoms with E-state index >= 15 is 0 Å². The standard InChI is InChI=1S/C20H18ClNO4S/c1-24-17-6-3-13(4-7-17)20-22-16(12-27-20)10-19(23)26-11-14-9-15(21)5-8-18(14)25-2/h3-9,12H,10-11H2,1-2H3. The number of benzene rings is 2. The summed E-state index contributed by atoms with van der Waals surface area (Å²) in [5.41, 5.74) is 2.37. The second-order valence-corrected chi connectivity index (χ2v) is 6.96. The van der Waals surface area contributed by atoms with Crippen LogP contribution in [0.5, 0.6) is 11.5 Å². The van der Waals surface area contributed by atoms with E-state index in [1.54, 1.807) is 32.4 Å². The predicted molar refractivity (Wildman–Crippen MR) is 106 cm³/mol. The number of methoxy groups -OCH3 is 2. The quantitative estimate of drug-likeness (QED) is 0.532. The first kappa shape index (κ1) is 19.2. The molecule has 1 aromatic heterocycles. The molecule has 0 fully saturated rings. The van der Waals surface area contributed by atoms with E-state index in [-0.39, 0.29) is 19.0 Å². The molecule has 0 bridgehead atoms. The maximum atomic E-state index is 12.2. The summed E-state index contributed by atoms with van der Waals surface area (Å²) in [4.78, 5) is 16.7. The maximum Gasteiger partial charge on any atom is 0.312 e. The Morgan fingerprint density at radius 3 is 2.59 bits per heavy atom. The number of rotatable bonds is 7. The lowest BCUT2D eigenvalue weighted by Crippen LogP contribution is -2.09. The molecule has 0 unspecified atom stereocenters. The molecule has 0 amide bonds. The number of thiazole rings is 1. The van der Waals surface area contributed by atoms with E-state index in [2.05, 4.69) is 4.98 Å². The molecule has 0 spiro atoms. The molecule has 1 heterocycles. The van der Waals surface area contributed by atoms with Crippen molar-refractivity contribution in [1.82, 2.24) is 4.98 Å². The van der Waals surface area contributed by atoms with Gasteiger partial charge in [-0.15, -0.1) is 11.3 Å². The highest BCUT2D eigenvalue weighted by Crippen LogP contribution is 2.26. The lowest BCUT2D eigenvalue weighted by atomic mass is 10.2. The van der Waals surface area contributed by atoms with E-state index in [1.807, 2.05) is 29.6 Å². The molecule has 5 nitrogen and oxygen atoms in total. The largest absolute Gasteiger partial charge is 0.497 e. The number of carbonyl (C=O) groups is 1. The first-order valence-electron chi connectivity index (χ1n) is 8.16. The van der Waals surface area contributed by atoms with Crippen molar-refractivity contribution in [2.45, 2.75) is 13.0 Å². The van der Waals surface area contributed by atoms with Crippen molar-refractivity contribution in [3.8, 4) is 22.1 Å². The molecule has 0 aliphatic rings. The highest BCUT2D eigenvalue weighted by atomic mass is 35.5. The molecule has 0 aliphatic heterocycles. The molecule has 0 radical (unpaired) electrons. The van der Waals surface area contributed by atoms with Crippen LogP contribution in [-0.2, 0) is 22.6 Å². The van der Waals surface area contributed by atoms with Crippen molar-refractivity contribution in [3.63, 3.8) is 0 Å². The average molecular weight is 404 g/mol. The van der Waals surface area contributed by atoms with Crippen LogP contribution in [0, 0.1) is 0 Å². The Morgan fingerprint density at radius 2 is 1.89 bits per heavy atom. The zero-order chi connectivity index (χ0) is 19.2. The molecule has 2 aromatic carbocycles.